The van der Waals surface area contributed by atoms with Crippen molar-refractivity contribution in [2.24, 2.45) is 0 Å². The van der Waals surface area contributed by atoms with Crippen LogP contribution in [0.1, 0.15) is 11.1 Å². The summed E-state index contributed by atoms with van der Waals surface area (Å²) in [5.41, 5.74) is 1.10. The van der Waals surface area contributed by atoms with Crippen molar-refractivity contribution in [1.29, 1.82) is 0 Å². The molecule has 2 aromatic rings. The Morgan fingerprint density at radius 2 is 1.79 bits per heavy atom. The van der Waals surface area contributed by atoms with Crippen molar-refractivity contribution in [2.75, 3.05) is 31.1 Å². The zero-order valence-electron chi connectivity index (χ0n) is 12.9. The van der Waals surface area contributed by atoms with Crippen molar-refractivity contribution in [3.63, 3.8) is 0 Å². The second-order valence-corrected chi connectivity index (χ2v) is 6.19. The number of piperazine rings is 1. The van der Waals surface area contributed by atoms with Crippen molar-refractivity contribution in [3.05, 3.63) is 58.9 Å². The van der Waals surface area contributed by atoms with E-state index in [1.165, 1.54) is 12.1 Å². The molecule has 1 saturated heterocycles. The van der Waals surface area contributed by atoms with E-state index >= 15 is 0 Å². The monoisotopic (exact) mass is 355 g/mol. The molecule has 0 amide bonds. The summed E-state index contributed by atoms with van der Waals surface area (Å²) < 4.78 is 38.5. The summed E-state index contributed by atoms with van der Waals surface area (Å²) in [6.45, 7) is 3.74. The number of rotatable bonds is 3. The first-order valence-electron chi connectivity index (χ1n) is 7.67. The highest BCUT2D eigenvalue weighted by Crippen LogP contribution is 2.31. The van der Waals surface area contributed by atoms with E-state index in [1.807, 2.05) is 11.0 Å². The molecule has 1 aromatic heterocycles. The first-order chi connectivity index (χ1) is 11.4. The predicted octanol–water partition coefficient (Wildman–Crippen LogP) is 4.08. The van der Waals surface area contributed by atoms with E-state index in [0.717, 1.165) is 31.3 Å². The van der Waals surface area contributed by atoms with Gasteiger partial charge >= 0.3 is 6.18 Å². The third kappa shape index (κ3) is 4.19. The molecular formula is C17H17ClF3N3. The van der Waals surface area contributed by atoms with Gasteiger partial charge in [-0.2, -0.15) is 13.2 Å². The van der Waals surface area contributed by atoms with Crippen molar-refractivity contribution >= 4 is 17.3 Å². The van der Waals surface area contributed by atoms with Gasteiger partial charge in [0.05, 0.1) is 5.56 Å². The van der Waals surface area contributed by atoms with Gasteiger partial charge in [0.1, 0.15) is 5.15 Å². The second kappa shape index (κ2) is 6.99. The number of anilines is 1. The molecule has 2 heterocycles. The summed E-state index contributed by atoms with van der Waals surface area (Å²) in [6.07, 6.45) is -2.55. The fraction of sp³-hybridized carbons (Fsp3) is 0.353. The molecule has 0 radical (unpaired) electrons. The molecule has 0 N–H and O–H groups in total. The molecular weight excluding hydrogens is 339 g/mol. The van der Waals surface area contributed by atoms with Gasteiger partial charge in [0, 0.05) is 44.6 Å². The van der Waals surface area contributed by atoms with Crippen LogP contribution in [-0.2, 0) is 12.7 Å². The number of benzene rings is 1. The fourth-order valence-electron chi connectivity index (χ4n) is 2.80. The van der Waals surface area contributed by atoms with Gasteiger partial charge < -0.3 is 4.90 Å². The van der Waals surface area contributed by atoms with Gasteiger partial charge in [-0.25, -0.2) is 4.98 Å². The molecule has 0 unspecified atom stereocenters. The third-order valence-electron chi connectivity index (χ3n) is 4.11. The lowest BCUT2D eigenvalue weighted by Crippen LogP contribution is -2.46. The maximum Gasteiger partial charge on any atom is 0.416 e. The van der Waals surface area contributed by atoms with Crippen LogP contribution in [0.25, 0.3) is 0 Å². The van der Waals surface area contributed by atoms with Crippen LogP contribution >= 0.6 is 11.6 Å². The van der Waals surface area contributed by atoms with Crippen LogP contribution in [0, 0.1) is 0 Å². The lowest BCUT2D eigenvalue weighted by Gasteiger charge is -2.36. The van der Waals surface area contributed by atoms with E-state index < -0.39 is 11.7 Å². The Bertz CT molecular complexity index is 680. The molecule has 0 bridgehead atoms. The first kappa shape index (κ1) is 17.0. The van der Waals surface area contributed by atoms with Crippen molar-refractivity contribution < 1.29 is 13.2 Å². The minimum atomic E-state index is -4.31. The normalized spacial score (nSPS) is 16.4. The van der Waals surface area contributed by atoms with E-state index in [9.17, 15) is 13.2 Å². The predicted molar refractivity (Wildman–Crippen MR) is 88.2 cm³/mol. The van der Waals surface area contributed by atoms with Crippen LogP contribution in [-0.4, -0.2) is 36.1 Å². The van der Waals surface area contributed by atoms with Gasteiger partial charge in [-0.1, -0.05) is 23.7 Å². The molecule has 3 nitrogen and oxygen atoms in total. The lowest BCUT2D eigenvalue weighted by molar-refractivity contribution is -0.137. The van der Waals surface area contributed by atoms with Gasteiger partial charge in [0.25, 0.3) is 0 Å². The maximum absolute atomic E-state index is 12.8. The van der Waals surface area contributed by atoms with Crippen molar-refractivity contribution in [3.8, 4) is 0 Å². The number of halogens is 4. The molecule has 1 aliphatic heterocycles. The van der Waals surface area contributed by atoms with Gasteiger partial charge in [-0.05, 0) is 29.8 Å². The molecule has 1 aromatic carbocycles. The average molecular weight is 356 g/mol. The molecule has 1 fully saturated rings. The molecule has 0 saturated carbocycles. The SMILES string of the molecule is FC(F)(F)c1cccc(N2CCN(Cc3ccc(Cl)nc3)CC2)c1. The van der Waals surface area contributed by atoms with Crippen molar-refractivity contribution in [2.45, 2.75) is 12.7 Å². The summed E-state index contributed by atoms with van der Waals surface area (Å²) in [7, 11) is 0. The van der Waals surface area contributed by atoms with E-state index in [2.05, 4.69) is 9.88 Å². The summed E-state index contributed by atoms with van der Waals surface area (Å²) in [5.74, 6) is 0. The molecule has 0 atom stereocenters. The van der Waals surface area contributed by atoms with Gasteiger partial charge in [-0.3, -0.25) is 4.90 Å². The highest BCUT2D eigenvalue weighted by atomic mass is 35.5. The van der Waals surface area contributed by atoms with Crippen LogP contribution in [0.3, 0.4) is 0 Å². The number of aromatic nitrogens is 1. The Morgan fingerprint density at radius 1 is 1.04 bits per heavy atom. The number of nitrogens with zero attached hydrogens (tertiary/aromatic N) is 3. The van der Waals surface area contributed by atoms with E-state index in [-0.39, 0.29) is 0 Å². The zero-order chi connectivity index (χ0) is 17.2. The summed E-state index contributed by atoms with van der Waals surface area (Å²) in [6, 6.07) is 9.22. The highest BCUT2D eigenvalue weighted by Gasteiger charge is 2.31. The van der Waals surface area contributed by atoms with E-state index in [1.54, 1.807) is 18.3 Å². The second-order valence-electron chi connectivity index (χ2n) is 5.80. The van der Waals surface area contributed by atoms with E-state index in [4.69, 9.17) is 11.6 Å². The maximum atomic E-state index is 12.8. The molecule has 24 heavy (non-hydrogen) atoms. The third-order valence-corrected chi connectivity index (χ3v) is 4.33. The smallest absolute Gasteiger partial charge is 0.369 e. The van der Waals surface area contributed by atoms with Crippen LogP contribution in [0.2, 0.25) is 5.15 Å². The number of hydrogen-bond donors (Lipinski definition) is 0. The largest absolute Gasteiger partial charge is 0.416 e. The molecule has 1 aliphatic rings. The summed E-state index contributed by atoms with van der Waals surface area (Å²) in [5, 5.41) is 0.466. The Hall–Kier alpha value is -1.79. The quantitative estimate of drug-likeness (QED) is 0.773. The average Bonchev–Trinajstić information content (AvgIpc) is 2.57. The summed E-state index contributed by atoms with van der Waals surface area (Å²) >= 11 is 5.77. The lowest BCUT2D eigenvalue weighted by atomic mass is 10.1. The van der Waals surface area contributed by atoms with Gasteiger partial charge in [-0.15, -0.1) is 0 Å². The molecule has 0 aliphatic carbocycles. The van der Waals surface area contributed by atoms with E-state index in [0.29, 0.717) is 23.9 Å². The summed E-state index contributed by atoms with van der Waals surface area (Å²) in [4.78, 5) is 8.31. The minimum absolute atomic E-state index is 0.466. The van der Waals surface area contributed by atoms with Gasteiger partial charge in [0.2, 0.25) is 0 Å². The molecule has 3 rings (SSSR count). The molecule has 128 valence electrons. The molecule has 0 spiro atoms. The number of hydrogen-bond acceptors (Lipinski definition) is 3. The Labute approximate surface area is 143 Å². The highest BCUT2D eigenvalue weighted by molar-refractivity contribution is 6.29. The standard InChI is InChI=1S/C17H17ClF3N3/c18-16-5-4-13(11-22-16)12-23-6-8-24(9-7-23)15-3-1-2-14(10-15)17(19,20)21/h1-5,10-11H,6-9,12H2. The Balaban J connectivity index is 1.60. The number of alkyl halides is 3. The molecule has 7 heteroatoms. The van der Waals surface area contributed by atoms with Crippen LogP contribution in [0.4, 0.5) is 18.9 Å². The Morgan fingerprint density at radius 3 is 2.42 bits per heavy atom. The van der Waals surface area contributed by atoms with Crippen LogP contribution < -0.4 is 4.90 Å². The zero-order valence-corrected chi connectivity index (χ0v) is 13.7. The first-order valence-corrected chi connectivity index (χ1v) is 8.04. The van der Waals surface area contributed by atoms with Crippen molar-refractivity contribution in [1.82, 2.24) is 9.88 Å². The fourth-order valence-corrected chi connectivity index (χ4v) is 2.91. The van der Waals surface area contributed by atoms with Crippen LogP contribution in [0.15, 0.2) is 42.6 Å². The Kier molecular flexibility index (Phi) is 4.96. The van der Waals surface area contributed by atoms with Crippen LogP contribution in [0.5, 0.6) is 0 Å². The number of pyridine rings is 1. The van der Waals surface area contributed by atoms with Gasteiger partial charge in [0.15, 0.2) is 0 Å². The topological polar surface area (TPSA) is 19.4 Å². The minimum Gasteiger partial charge on any atom is -0.369 e.